The average molecular weight is 360 g/mol. The Balaban J connectivity index is 1.99. The first-order valence-corrected chi connectivity index (χ1v) is 9.57. The van der Waals surface area contributed by atoms with Crippen molar-refractivity contribution >= 4 is 15.9 Å². The maximum atomic E-state index is 12.5. The third kappa shape index (κ3) is 5.14. The molecule has 134 valence electrons. The van der Waals surface area contributed by atoms with Crippen molar-refractivity contribution in [2.24, 2.45) is 0 Å². The van der Waals surface area contributed by atoms with Crippen LogP contribution in [-0.4, -0.2) is 20.9 Å². The van der Waals surface area contributed by atoms with E-state index in [1.165, 1.54) is 0 Å². The van der Waals surface area contributed by atoms with Gasteiger partial charge in [0.05, 0.1) is 11.4 Å². The number of rotatable bonds is 6. The van der Waals surface area contributed by atoms with Crippen molar-refractivity contribution in [1.82, 2.24) is 10.0 Å². The summed E-state index contributed by atoms with van der Waals surface area (Å²) in [6, 6.07) is 11.4. The molecule has 0 atom stereocenters. The van der Waals surface area contributed by atoms with Crippen LogP contribution in [0.5, 0.6) is 0 Å². The van der Waals surface area contributed by atoms with Gasteiger partial charge >= 0.3 is 0 Å². The number of carbonyl (C=O) groups excluding carboxylic acids is 1. The molecule has 0 radical (unpaired) electrons. The van der Waals surface area contributed by atoms with Crippen LogP contribution in [0.25, 0.3) is 0 Å². The van der Waals surface area contributed by atoms with Gasteiger partial charge in [-0.1, -0.05) is 47.5 Å². The zero-order chi connectivity index (χ0) is 18.6. The summed E-state index contributed by atoms with van der Waals surface area (Å²) in [7, 11) is -3.73. The molecule has 6 heteroatoms. The Morgan fingerprint density at radius 3 is 2.20 bits per heavy atom. The summed E-state index contributed by atoms with van der Waals surface area (Å²) in [5.74, 6) is -0.368. The highest BCUT2D eigenvalue weighted by Gasteiger charge is 2.20. The maximum absolute atomic E-state index is 12.5. The Morgan fingerprint density at radius 2 is 1.60 bits per heavy atom. The highest BCUT2D eigenvalue weighted by atomic mass is 32.2. The first-order valence-electron chi connectivity index (χ1n) is 8.09. The van der Waals surface area contributed by atoms with Crippen LogP contribution in [0.1, 0.15) is 27.8 Å². The van der Waals surface area contributed by atoms with Gasteiger partial charge in [-0.05, 0) is 44.4 Å². The van der Waals surface area contributed by atoms with E-state index in [0.717, 1.165) is 16.7 Å². The van der Waals surface area contributed by atoms with Gasteiger partial charge in [0.15, 0.2) is 0 Å². The van der Waals surface area contributed by atoms with Crippen molar-refractivity contribution in [2.45, 2.75) is 39.1 Å². The van der Waals surface area contributed by atoms with Gasteiger partial charge in [0.2, 0.25) is 15.9 Å². The summed E-state index contributed by atoms with van der Waals surface area (Å²) in [6.45, 7) is 7.48. The lowest BCUT2D eigenvalue weighted by Gasteiger charge is -2.13. The summed E-state index contributed by atoms with van der Waals surface area (Å²) in [5, 5.41) is 2.72. The van der Waals surface area contributed by atoms with E-state index in [-0.39, 0.29) is 17.3 Å². The van der Waals surface area contributed by atoms with Crippen LogP contribution >= 0.6 is 0 Å². The van der Waals surface area contributed by atoms with Crippen LogP contribution < -0.4 is 10.0 Å². The molecular weight excluding hydrogens is 336 g/mol. The molecule has 0 saturated carbocycles. The largest absolute Gasteiger partial charge is 0.351 e. The zero-order valence-corrected chi connectivity index (χ0v) is 15.8. The quantitative estimate of drug-likeness (QED) is 0.831. The third-order valence-corrected chi connectivity index (χ3v) is 5.57. The fourth-order valence-electron chi connectivity index (χ4n) is 2.91. The van der Waals surface area contributed by atoms with Gasteiger partial charge in [0.25, 0.3) is 0 Å². The van der Waals surface area contributed by atoms with Crippen molar-refractivity contribution < 1.29 is 13.2 Å². The lowest BCUT2D eigenvalue weighted by atomic mass is 10.1. The van der Waals surface area contributed by atoms with Gasteiger partial charge in [0.1, 0.15) is 0 Å². The Labute approximate surface area is 149 Å². The van der Waals surface area contributed by atoms with Gasteiger partial charge in [-0.15, -0.1) is 0 Å². The minimum Gasteiger partial charge on any atom is -0.351 e. The number of nitrogens with one attached hydrogen (secondary N) is 2. The van der Waals surface area contributed by atoms with E-state index >= 15 is 0 Å². The fourth-order valence-corrected chi connectivity index (χ4v) is 4.34. The van der Waals surface area contributed by atoms with E-state index < -0.39 is 10.0 Å². The molecule has 0 aliphatic carbocycles. The molecular formula is C19H24N2O3S. The lowest BCUT2D eigenvalue weighted by Crippen LogP contribution is -2.37. The summed E-state index contributed by atoms with van der Waals surface area (Å²) in [6.07, 6.45) is 0. The predicted molar refractivity (Wildman–Crippen MR) is 98.9 cm³/mol. The van der Waals surface area contributed by atoms with Crippen LogP contribution in [-0.2, 0) is 21.4 Å². The van der Waals surface area contributed by atoms with Crippen LogP contribution in [0.4, 0.5) is 0 Å². The minimum atomic E-state index is -3.73. The normalized spacial score (nSPS) is 11.4. The predicted octanol–water partition coefficient (Wildman–Crippen LogP) is 2.51. The van der Waals surface area contributed by atoms with Gasteiger partial charge in [-0.2, -0.15) is 0 Å². The molecule has 2 N–H and O–H groups in total. The van der Waals surface area contributed by atoms with E-state index in [0.29, 0.717) is 17.7 Å². The van der Waals surface area contributed by atoms with Crippen molar-refractivity contribution in [3.8, 4) is 0 Å². The van der Waals surface area contributed by atoms with E-state index in [2.05, 4.69) is 10.0 Å². The second-order valence-electron chi connectivity index (χ2n) is 6.32. The summed E-state index contributed by atoms with van der Waals surface area (Å²) < 4.78 is 27.4. The van der Waals surface area contributed by atoms with Crippen molar-refractivity contribution in [3.05, 3.63) is 64.2 Å². The number of aryl methyl sites for hydroxylation is 4. The summed E-state index contributed by atoms with van der Waals surface area (Å²) in [5.41, 5.74) is 4.43. The first kappa shape index (κ1) is 19.1. The van der Waals surface area contributed by atoms with Crippen LogP contribution in [0, 0.1) is 27.7 Å². The monoisotopic (exact) mass is 360 g/mol. The van der Waals surface area contributed by atoms with E-state index in [1.807, 2.05) is 50.2 Å². The molecule has 5 nitrogen and oxygen atoms in total. The molecule has 0 bridgehead atoms. The summed E-state index contributed by atoms with van der Waals surface area (Å²) >= 11 is 0. The van der Waals surface area contributed by atoms with Gasteiger partial charge in [0, 0.05) is 6.54 Å². The smallest absolute Gasteiger partial charge is 0.241 e. The molecule has 0 aliphatic heterocycles. The number of benzene rings is 2. The van der Waals surface area contributed by atoms with Crippen LogP contribution in [0.15, 0.2) is 41.3 Å². The molecule has 0 saturated heterocycles. The second-order valence-corrected chi connectivity index (χ2v) is 8.02. The number of amides is 1. The van der Waals surface area contributed by atoms with E-state index in [1.54, 1.807) is 13.8 Å². The standard InChI is InChI=1S/C19H24N2O3S/c1-13-6-5-7-17(10-13)11-20-18(22)12-21-25(23,24)19-15(3)8-14(2)9-16(19)4/h5-10,21H,11-12H2,1-4H3,(H,20,22). The second kappa shape index (κ2) is 7.80. The van der Waals surface area contributed by atoms with Crippen molar-refractivity contribution in [3.63, 3.8) is 0 Å². The maximum Gasteiger partial charge on any atom is 0.241 e. The Bertz CT molecular complexity index is 866. The van der Waals surface area contributed by atoms with E-state index in [4.69, 9.17) is 0 Å². The average Bonchev–Trinajstić information content (AvgIpc) is 2.50. The SMILES string of the molecule is Cc1cccc(CNC(=O)CNS(=O)(=O)c2c(C)cc(C)cc2C)c1. The highest BCUT2D eigenvalue weighted by molar-refractivity contribution is 7.89. The number of hydrogen-bond donors (Lipinski definition) is 2. The molecule has 1 amide bonds. The minimum absolute atomic E-state index is 0.240. The molecule has 0 fully saturated rings. The molecule has 2 aromatic carbocycles. The first-order chi connectivity index (χ1) is 11.7. The molecule has 25 heavy (non-hydrogen) atoms. The third-order valence-electron chi connectivity index (χ3n) is 3.87. The van der Waals surface area contributed by atoms with Crippen molar-refractivity contribution in [2.75, 3.05) is 6.54 Å². The van der Waals surface area contributed by atoms with Crippen LogP contribution in [0.2, 0.25) is 0 Å². The number of sulfonamides is 1. The van der Waals surface area contributed by atoms with E-state index in [9.17, 15) is 13.2 Å². The number of carbonyl (C=O) groups is 1. The zero-order valence-electron chi connectivity index (χ0n) is 15.0. The number of hydrogen-bond acceptors (Lipinski definition) is 3. The van der Waals surface area contributed by atoms with Gasteiger partial charge in [-0.25, -0.2) is 13.1 Å². The van der Waals surface area contributed by atoms with Gasteiger partial charge < -0.3 is 5.32 Å². The molecule has 2 aromatic rings. The molecule has 0 heterocycles. The molecule has 2 rings (SSSR count). The topological polar surface area (TPSA) is 75.3 Å². The molecule has 0 aromatic heterocycles. The molecule has 0 aliphatic rings. The van der Waals surface area contributed by atoms with Crippen molar-refractivity contribution in [1.29, 1.82) is 0 Å². The lowest BCUT2D eigenvalue weighted by molar-refractivity contribution is -0.120. The fraction of sp³-hybridized carbons (Fsp3) is 0.316. The highest BCUT2D eigenvalue weighted by Crippen LogP contribution is 2.21. The molecule has 0 unspecified atom stereocenters. The Kier molecular flexibility index (Phi) is 5.98. The van der Waals surface area contributed by atoms with Crippen LogP contribution in [0.3, 0.4) is 0 Å². The Hall–Kier alpha value is -2.18. The summed E-state index contributed by atoms with van der Waals surface area (Å²) in [4.78, 5) is 12.2. The van der Waals surface area contributed by atoms with Gasteiger partial charge in [-0.3, -0.25) is 4.79 Å². The Morgan fingerprint density at radius 1 is 0.960 bits per heavy atom. The molecule has 0 spiro atoms.